The van der Waals surface area contributed by atoms with Crippen LogP contribution in [0.2, 0.25) is 0 Å². The summed E-state index contributed by atoms with van der Waals surface area (Å²) in [5.41, 5.74) is 0.450. The smallest absolute Gasteiger partial charge is 0.117 e. The lowest BCUT2D eigenvalue weighted by Gasteiger charge is -2.42. The molecule has 1 N–H and O–H groups in total. The fourth-order valence-electron chi connectivity index (χ4n) is 3.53. The number of nitrogens with zero attached hydrogens (tertiary/aromatic N) is 1. The summed E-state index contributed by atoms with van der Waals surface area (Å²) in [6.07, 6.45) is 7.25. The Morgan fingerprint density at radius 2 is 2.10 bits per heavy atom. The van der Waals surface area contributed by atoms with E-state index in [2.05, 4.69) is 37.1 Å². The highest BCUT2D eigenvalue weighted by atomic mass is 16.3. The van der Waals surface area contributed by atoms with E-state index in [0.29, 0.717) is 5.41 Å². The molecular formula is C18H32N2O. The van der Waals surface area contributed by atoms with Crippen molar-refractivity contribution in [2.75, 3.05) is 26.2 Å². The van der Waals surface area contributed by atoms with Crippen molar-refractivity contribution in [1.82, 2.24) is 10.2 Å². The van der Waals surface area contributed by atoms with Gasteiger partial charge in [-0.1, -0.05) is 33.6 Å². The highest BCUT2D eigenvalue weighted by molar-refractivity contribution is 4.99. The number of furan rings is 1. The van der Waals surface area contributed by atoms with E-state index in [1.807, 2.05) is 6.07 Å². The maximum Gasteiger partial charge on any atom is 0.117 e. The van der Waals surface area contributed by atoms with Gasteiger partial charge in [0, 0.05) is 13.1 Å². The lowest BCUT2D eigenvalue weighted by molar-refractivity contribution is 0.0822. The van der Waals surface area contributed by atoms with Crippen LogP contribution in [0.4, 0.5) is 0 Å². The van der Waals surface area contributed by atoms with Gasteiger partial charge in [-0.15, -0.1) is 0 Å². The van der Waals surface area contributed by atoms with E-state index in [-0.39, 0.29) is 0 Å². The first-order valence-electron chi connectivity index (χ1n) is 8.63. The SMILES string of the molecule is CCNCC1(CN(CC)Cc2ccco2)CCC(C)CC1. The molecule has 0 amide bonds. The molecule has 3 heteroatoms. The van der Waals surface area contributed by atoms with Crippen molar-refractivity contribution in [2.45, 2.75) is 53.0 Å². The Hall–Kier alpha value is -0.800. The fraction of sp³-hybridized carbons (Fsp3) is 0.778. The van der Waals surface area contributed by atoms with Gasteiger partial charge in [0.05, 0.1) is 12.8 Å². The van der Waals surface area contributed by atoms with Crippen LogP contribution in [0.5, 0.6) is 0 Å². The molecule has 21 heavy (non-hydrogen) atoms. The average Bonchev–Trinajstić information content (AvgIpc) is 3.00. The molecule has 1 fully saturated rings. The highest BCUT2D eigenvalue weighted by Gasteiger charge is 2.35. The minimum absolute atomic E-state index is 0.450. The first-order chi connectivity index (χ1) is 10.2. The van der Waals surface area contributed by atoms with Gasteiger partial charge in [0.15, 0.2) is 0 Å². The Kier molecular flexibility index (Phi) is 6.31. The molecule has 1 aliphatic carbocycles. The van der Waals surface area contributed by atoms with Crippen LogP contribution in [0.3, 0.4) is 0 Å². The molecular weight excluding hydrogens is 260 g/mol. The minimum atomic E-state index is 0.450. The van der Waals surface area contributed by atoms with E-state index in [1.54, 1.807) is 6.26 Å². The summed E-state index contributed by atoms with van der Waals surface area (Å²) in [6.45, 7) is 12.3. The highest BCUT2D eigenvalue weighted by Crippen LogP contribution is 2.39. The summed E-state index contributed by atoms with van der Waals surface area (Å²) in [5.74, 6) is 1.99. The zero-order valence-corrected chi connectivity index (χ0v) is 14.0. The van der Waals surface area contributed by atoms with Crippen LogP contribution in [0.1, 0.15) is 52.2 Å². The lowest BCUT2D eigenvalue weighted by Crippen LogP contribution is -2.46. The van der Waals surface area contributed by atoms with Gasteiger partial charge in [-0.05, 0) is 49.4 Å². The second kappa shape index (κ2) is 8.00. The Balaban J connectivity index is 1.98. The number of hydrogen-bond acceptors (Lipinski definition) is 3. The minimum Gasteiger partial charge on any atom is -0.468 e. The second-order valence-electron chi connectivity index (χ2n) is 6.85. The molecule has 0 spiro atoms. The number of hydrogen-bond donors (Lipinski definition) is 1. The molecule has 0 bridgehead atoms. The third-order valence-corrected chi connectivity index (χ3v) is 5.05. The van der Waals surface area contributed by atoms with Gasteiger partial charge in [0.25, 0.3) is 0 Å². The van der Waals surface area contributed by atoms with Gasteiger partial charge in [-0.25, -0.2) is 0 Å². The van der Waals surface area contributed by atoms with E-state index in [9.17, 15) is 0 Å². The fourth-order valence-corrected chi connectivity index (χ4v) is 3.53. The molecule has 0 saturated heterocycles. The molecule has 1 aromatic heterocycles. The number of nitrogens with one attached hydrogen (secondary N) is 1. The Morgan fingerprint density at radius 1 is 1.33 bits per heavy atom. The van der Waals surface area contributed by atoms with Crippen LogP contribution in [-0.4, -0.2) is 31.1 Å². The molecule has 3 nitrogen and oxygen atoms in total. The summed E-state index contributed by atoms with van der Waals surface area (Å²) < 4.78 is 5.53. The lowest BCUT2D eigenvalue weighted by atomic mass is 9.70. The topological polar surface area (TPSA) is 28.4 Å². The predicted molar refractivity (Wildman–Crippen MR) is 88.3 cm³/mol. The Bertz CT molecular complexity index is 374. The monoisotopic (exact) mass is 292 g/mol. The van der Waals surface area contributed by atoms with Crippen LogP contribution >= 0.6 is 0 Å². The van der Waals surface area contributed by atoms with Gasteiger partial charge in [0.2, 0.25) is 0 Å². The van der Waals surface area contributed by atoms with Gasteiger partial charge in [-0.2, -0.15) is 0 Å². The number of rotatable bonds is 8. The van der Waals surface area contributed by atoms with Crippen molar-refractivity contribution in [1.29, 1.82) is 0 Å². The molecule has 0 radical (unpaired) electrons. The average molecular weight is 292 g/mol. The molecule has 1 aliphatic rings. The van der Waals surface area contributed by atoms with Crippen LogP contribution in [0.25, 0.3) is 0 Å². The van der Waals surface area contributed by atoms with Crippen molar-refractivity contribution in [3.05, 3.63) is 24.2 Å². The maximum atomic E-state index is 5.53. The van der Waals surface area contributed by atoms with E-state index < -0.39 is 0 Å². The molecule has 0 atom stereocenters. The van der Waals surface area contributed by atoms with Gasteiger partial charge < -0.3 is 9.73 Å². The van der Waals surface area contributed by atoms with Gasteiger partial charge in [0.1, 0.15) is 5.76 Å². The molecule has 0 aromatic carbocycles. The third kappa shape index (κ3) is 4.86. The van der Waals surface area contributed by atoms with Crippen molar-refractivity contribution in [2.24, 2.45) is 11.3 Å². The molecule has 1 aromatic rings. The summed E-state index contributed by atoms with van der Waals surface area (Å²) >= 11 is 0. The summed E-state index contributed by atoms with van der Waals surface area (Å²) in [7, 11) is 0. The maximum absolute atomic E-state index is 5.53. The van der Waals surface area contributed by atoms with Crippen LogP contribution in [0.15, 0.2) is 22.8 Å². The van der Waals surface area contributed by atoms with Crippen molar-refractivity contribution >= 4 is 0 Å². The quantitative estimate of drug-likeness (QED) is 0.787. The third-order valence-electron chi connectivity index (χ3n) is 5.05. The Morgan fingerprint density at radius 3 is 2.67 bits per heavy atom. The molecule has 0 unspecified atom stereocenters. The van der Waals surface area contributed by atoms with Crippen molar-refractivity contribution in [3.8, 4) is 0 Å². The summed E-state index contributed by atoms with van der Waals surface area (Å²) in [5, 5.41) is 3.61. The van der Waals surface area contributed by atoms with Crippen LogP contribution in [0, 0.1) is 11.3 Å². The largest absolute Gasteiger partial charge is 0.468 e. The summed E-state index contributed by atoms with van der Waals surface area (Å²) in [6, 6.07) is 4.07. The van der Waals surface area contributed by atoms with E-state index in [0.717, 1.165) is 37.9 Å². The summed E-state index contributed by atoms with van der Waals surface area (Å²) in [4.78, 5) is 2.55. The molecule has 120 valence electrons. The first kappa shape index (κ1) is 16.6. The predicted octanol–water partition coefficient (Wildman–Crippen LogP) is 3.91. The standard InChI is InChI=1S/C18H32N2O/c1-4-19-14-18(10-8-16(3)9-11-18)15-20(5-2)13-17-7-6-12-21-17/h6-7,12,16,19H,4-5,8-11,13-15H2,1-3H3. The van der Waals surface area contributed by atoms with Gasteiger partial charge >= 0.3 is 0 Å². The first-order valence-corrected chi connectivity index (χ1v) is 8.63. The molecule has 1 saturated carbocycles. The van der Waals surface area contributed by atoms with E-state index >= 15 is 0 Å². The Labute approximate surface area is 130 Å². The van der Waals surface area contributed by atoms with Crippen molar-refractivity contribution < 1.29 is 4.42 Å². The van der Waals surface area contributed by atoms with Crippen LogP contribution < -0.4 is 5.32 Å². The van der Waals surface area contributed by atoms with E-state index in [1.165, 1.54) is 32.2 Å². The second-order valence-corrected chi connectivity index (χ2v) is 6.85. The van der Waals surface area contributed by atoms with Crippen molar-refractivity contribution in [3.63, 3.8) is 0 Å². The van der Waals surface area contributed by atoms with Crippen LogP contribution in [-0.2, 0) is 6.54 Å². The molecule has 2 rings (SSSR count). The zero-order chi connectivity index (χ0) is 15.1. The van der Waals surface area contributed by atoms with Gasteiger partial charge in [-0.3, -0.25) is 4.90 Å². The zero-order valence-electron chi connectivity index (χ0n) is 14.0. The molecule has 1 heterocycles. The molecule has 0 aliphatic heterocycles. The normalized spacial score (nSPS) is 26.4. The van der Waals surface area contributed by atoms with E-state index in [4.69, 9.17) is 4.42 Å².